The van der Waals surface area contributed by atoms with Crippen molar-refractivity contribution in [2.75, 3.05) is 39.6 Å². The van der Waals surface area contributed by atoms with Crippen molar-refractivity contribution >= 4 is 28.6 Å². The zero-order chi connectivity index (χ0) is 25.5. The Balaban J connectivity index is 1.32. The number of fused-ring (bicyclic) bond motifs is 1. The fourth-order valence-electron chi connectivity index (χ4n) is 4.97. The van der Waals surface area contributed by atoms with Gasteiger partial charge in [-0.15, -0.1) is 11.8 Å². The normalized spacial score (nSPS) is 19.2. The molecule has 3 aromatic rings. The number of methoxy groups -OCH3 is 2. The Morgan fingerprint density at radius 1 is 1.17 bits per heavy atom. The summed E-state index contributed by atoms with van der Waals surface area (Å²) in [7, 11) is 3.28. The lowest BCUT2D eigenvalue weighted by atomic mass is 9.81. The lowest BCUT2D eigenvalue weighted by Gasteiger charge is -2.37. The molecule has 0 spiro atoms. The van der Waals surface area contributed by atoms with Gasteiger partial charge in [-0.3, -0.25) is 9.78 Å². The molecule has 0 bridgehead atoms. The monoisotopic (exact) mass is 510 g/mol. The highest BCUT2D eigenvalue weighted by Crippen LogP contribution is 2.34. The number of aliphatic hydroxyl groups is 1. The van der Waals surface area contributed by atoms with Crippen molar-refractivity contribution in [3.8, 4) is 11.5 Å². The highest BCUT2D eigenvalue weighted by atomic mass is 32.2. The van der Waals surface area contributed by atoms with Gasteiger partial charge in [-0.2, -0.15) is 0 Å². The summed E-state index contributed by atoms with van der Waals surface area (Å²) in [4.78, 5) is 19.9. The molecule has 8 heteroatoms. The molecule has 1 aliphatic heterocycles. The van der Waals surface area contributed by atoms with Crippen LogP contribution in [0.15, 0.2) is 59.6 Å². The highest BCUT2D eigenvalue weighted by Gasteiger charge is 2.34. The predicted molar refractivity (Wildman–Crippen MR) is 142 cm³/mol. The Morgan fingerprint density at radius 3 is 2.75 bits per heavy atom. The van der Waals surface area contributed by atoms with E-state index >= 15 is 0 Å². The number of carboxylic acid groups (broad SMARTS) is 1. The average Bonchev–Trinajstić information content (AvgIpc) is 2.91. The third kappa shape index (κ3) is 6.49. The molecule has 1 saturated heterocycles. The van der Waals surface area contributed by atoms with Crippen LogP contribution in [0.1, 0.15) is 30.9 Å². The van der Waals surface area contributed by atoms with Gasteiger partial charge in [0.25, 0.3) is 0 Å². The number of likely N-dealkylation sites (tertiary alicyclic amines) is 1. The maximum Gasteiger partial charge on any atom is 0.308 e. The third-order valence-corrected chi connectivity index (χ3v) is 8.00. The molecule has 2 N–H and O–H groups in total. The second-order valence-electron chi connectivity index (χ2n) is 9.20. The number of ether oxygens (including phenoxy) is 2. The maximum atomic E-state index is 12.1. The largest absolute Gasteiger partial charge is 0.497 e. The first-order valence-electron chi connectivity index (χ1n) is 12.3. The number of thioether (sulfide) groups is 1. The molecule has 7 nitrogen and oxygen atoms in total. The van der Waals surface area contributed by atoms with E-state index in [1.165, 1.54) is 0 Å². The van der Waals surface area contributed by atoms with Crippen molar-refractivity contribution in [1.82, 2.24) is 9.88 Å². The number of hydrogen-bond acceptors (Lipinski definition) is 7. The molecule has 1 fully saturated rings. The Bertz CT molecular complexity index is 1170. The summed E-state index contributed by atoms with van der Waals surface area (Å²) in [5.41, 5.74) is 1.61. The van der Waals surface area contributed by atoms with Crippen molar-refractivity contribution < 1.29 is 24.5 Å². The summed E-state index contributed by atoms with van der Waals surface area (Å²) in [6.07, 6.45) is 3.01. The Morgan fingerprint density at radius 2 is 1.97 bits per heavy atom. The number of nitrogens with zero attached hydrogens (tertiary/aromatic N) is 2. The number of aliphatic hydroxyl groups excluding tert-OH is 1. The molecule has 0 saturated carbocycles. The number of aliphatic carboxylic acids is 1. The van der Waals surface area contributed by atoms with Gasteiger partial charge in [0.15, 0.2) is 0 Å². The van der Waals surface area contributed by atoms with Crippen LogP contribution >= 0.6 is 11.8 Å². The van der Waals surface area contributed by atoms with Crippen molar-refractivity contribution in [2.24, 2.45) is 11.8 Å². The van der Waals surface area contributed by atoms with Gasteiger partial charge in [0.1, 0.15) is 11.5 Å². The van der Waals surface area contributed by atoms with Gasteiger partial charge in [0, 0.05) is 35.3 Å². The first-order chi connectivity index (χ1) is 17.5. The van der Waals surface area contributed by atoms with Crippen molar-refractivity contribution in [3.63, 3.8) is 0 Å². The summed E-state index contributed by atoms with van der Waals surface area (Å²) in [5.74, 6) is 1.31. The van der Waals surface area contributed by atoms with Gasteiger partial charge < -0.3 is 24.6 Å². The molecule has 0 aliphatic carbocycles. The number of piperidine rings is 1. The Labute approximate surface area is 216 Å². The number of hydrogen-bond donors (Lipinski definition) is 2. The molecule has 0 unspecified atom stereocenters. The molecular weight excluding hydrogens is 476 g/mol. The summed E-state index contributed by atoms with van der Waals surface area (Å²) in [6, 6.07) is 15.5. The van der Waals surface area contributed by atoms with E-state index in [-0.39, 0.29) is 5.92 Å². The molecule has 0 amide bonds. The first-order valence-corrected chi connectivity index (χ1v) is 13.3. The smallest absolute Gasteiger partial charge is 0.308 e. The van der Waals surface area contributed by atoms with E-state index in [4.69, 9.17) is 9.47 Å². The minimum Gasteiger partial charge on any atom is -0.497 e. The van der Waals surface area contributed by atoms with E-state index in [0.29, 0.717) is 25.1 Å². The summed E-state index contributed by atoms with van der Waals surface area (Å²) < 4.78 is 10.6. The number of carbonyl (C=O) groups is 1. The molecule has 192 valence electrons. The van der Waals surface area contributed by atoms with E-state index in [1.807, 2.05) is 42.5 Å². The second-order valence-corrected chi connectivity index (χ2v) is 10.4. The Kier molecular flexibility index (Phi) is 9.07. The second kappa shape index (κ2) is 12.4. The van der Waals surface area contributed by atoms with Crippen LogP contribution in [-0.2, 0) is 4.79 Å². The minimum atomic E-state index is -0.751. The number of aromatic nitrogens is 1. The molecule has 1 aliphatic rings. The SMILES string of the molecule is COc1cccc(SCCN2CC[C@@H](CC[C@@H](O)c3ccnc4ccc(OC)cc34)[C@@H](C(=O)O)C2)c1. The summed E-state index contributed by atoms with van der Waals surface area (Å²) in [5, 5.41) is 21.8. The molecule has 1 aromatic heterocycles. The van der Waals surface area contributed by atoms with Gasteiger partial charge in [0.05, 0.1) is 31.8 Å². The number of pyridine rings is 1. The Hall–Kier alpha value is -2.81. The molecule has 2 aromatic carbocycles. The van der Waals surface area contributed by atoms with Crippen LogP contribution in [0.5, 0.6) is 11.5 Å². The van der Waals surface area contributed by atoms with Crippen LogP contribution in [0.25, 0.3) is 10.9 Å². The molecule has 2 heterocycles. The number of benzene rings is 2. The fourth-order valence-corrected chi connectivity index (χ4v) is 5.93. The quantitative estimate of drug-likeness (QED) is 0.353. The van der Waals surface area contributed by atoms with Gasteiger partial charge in [-0.1, -0.05) is 6.07 Å². The van der Waals surface area contributed by atoms with Gasteiger partial charge in [0.2, 0.25) is 0 Å². The van der Waals surface area contributed by atoms with E-state index in [1.54, 1.807) is 32.2 Å². The van der Waals surface area contributed by atoms with Gasteiger partial charge >= 0.3 is 5.97 Å². The first kappa shape index (κ1) is 26.3. The standard InChI is InChI=1S/C28H34N2O5S/c1-34-20-4-3-5-22(16-20)36-15-14-30-13-11-19(25(18-30)28(32)33)6-9-27(31)23-10-12-29-26-8-7-21(35-2)17-24(23)26/h3-5,7-8,10,12,16-17,19,25,27,31H,6,9,11,13-15,18H2,1-2H3,(H,32,33)/t19-,25+,27-/m1/s1. The molecular formula is C28H34N2O5S. The van der Waals surface area contributed by atoms with Crippen molar-refractivity contribution in [2.45, 2.75) is 30.3 Å². The van der Waals surface area contributed by atoms with Crippen LogP contribution < -0.4 is 9.47 Å². The summed E-state index contributed by atoms with van der Waals surface area (Å²) >= 11 is 1.75. The van der Waals surface area contributed by atoms with Crippen LogP contribution in [0.4, 0.5) is 0 Å². The topological polar surface area (TPSA) is 92.1 Å². The number of carboxylic acids is 1. The van der Waals surface area contributed by atoms with E-state index in [0.717, 1.165) is 52.4 Å². The molecule has 4 rings (SSSR count). The molecule has 36 heavy (non-hydrogen) atoms. The van der Waals surface area contributed by atoms with Crippen molar-refractivity contribution in [3.05, 3.63) is 60.3 Å². The van der Waals surface area contributed by atoms with Crippen LogP contribution in [0.3, 0.4) is 0 Å². The molecule has 0 radical (unpaired) electrons. The lowest BCUT2D eigenvalue weighted by molar-refractivity contribution is -0.146. The molecule has 3 atom stereocenters. The average molecular weight is 511 g/mol. The fraction of sp³-hybridized carbons (Fsp3) is 0.429. The highest BCUT2D eigenvalue weighted by molar-refractivity contribution is 7.99. The van der Waals surface area contributed by atoms with E-state index < -0.39 is 18.0 Å². The van der Waals surface area contributed by atoms with Crippen LogP contribution in [0, 0.1) is 11.8 Å². The van der Waals surface area contributed by atoms with E-state index in [2.05, 4.69) is 16.0 Å². The van der Waals surface area contributed by atoms with Crippen LogP contribution in [-0.4, -0.2) is 65.7 Å². The van der Waals surface area contributed by atoms with Crippen molar-refractivity contribution in [1.29, 1.82) is 0 Å². The van der Waals surface area contributed by atoms with Gasteiger partial charge in [-0.05, 0) is 79.8 Å². The summed E-state index contributed by atoms with van der Waals surface area (Å²) in [6.45, 7) is 2.26. The zero-order valence-corrected chi connectivity index (χ0v) is 21.6. The third-order valence-electron chi connectivity index (χ3n) is 7.03. The van der Waals surface area contributed by atoms with E-state index in [9.17, 15) is 15.0 Å². The predicted octanol–water partition coefficient (Wildman–Crippen LogP) is 4.88. The van der Waals surface area contributed by atoms with Crippen LogP contribution in [0.2, 0.25) is 0 Å². The maximum absolute atomic E-state index is 12.1. The minimum absolute atomic E-state index is 0.0436. The number of rotatable bonds is 11. The lowest BCUT2D eigenvalue weighted by Crippen LogP contribution is -2.44. The van der Waals surface area contributed by atoms with Gasteiger partial charge in [-0.25, -0.2) is 0 Å². The zero-order valence-electron chi connectivity index (χ0n) is 20.8.